The van der Waals surface area contributed by atoms with E-state index in [2.05, 4.69) is 10.6 Å². The number of hydrogen-bond acceptors (Lipinski definition) is 5. The van der Waals surface area contributed by atoms with Crippen molar-refractivity contribution >= 4 is 17.8 Å². The Morgan fingerprint density at radius 3 is 1.89 bits per heavy atom. The largest absolute Gasteiger partial charge is 0.497 e. The molecule has 3 N–H and O–H groups in total. The van der Waals surface area contributed by atoms with Crippen LogP contribution in [-0.4, -0.2) is 50.2 Å². The van der Waals surface area contributed by atoms with Gasteiger partial charge in [0, 0.05) is 24.7 Å². The maximum atomic E-state index is 12.2. The number of carboxylic acid groups (broad SMARTS) is 1. The summed E-state index contributed by atoms with van der Waals surface area (Å²) in [4.78, 5) is 35.5. The van der Waals surface area contributed by atoms with Gasteiger partial charge in [0.1, 0.15) is 11.5 Å². The lowest BCUT2D eigenvalue weighted by Crippen LogP contribution is -2.35. The number of carbonyl (C=O) groups is 3. The molecular weight excluding hydrogens is 352 g/mol. The standard InChI is InChI=1S/C19H20N2O6/c1-26-13-9-12(10-14(11-13)27-2)17(22)20-7-8-21-18(23)15-5-3-4-6-16(15)19(24)25/h3-6,9-11H,7-8H2,1-2H3,(H,20,22)(H,21,23)(H,24,25). The van der Waals surface area contributed by atoms with E-state index in [4.69, 9.17) is 14.6 Å². The van der Waals surface area contributed by atoms with Gasteiger partial charge in [0.05, 0.1) is 25.3 Å². The number of methoxy groups -OCH3 is 2. The number of aromatic carboxylic acids is 1. The van der Waals surface area contributed by atoms with Crippen molar-refractivity contribution in [2.24, 2.45) is 0 Å². The van der Waals surface area contributed by atoms with E-state index in [-0.39, 0.29) is 30.1 Å². The number of nitrogens with one attached hydrogen (secondary N) is 2. The number of ether oxygens (including phenoxy) is 2. The Bertz CT molecular complexity index is 828. The molecule has 2 aromatic carbocycles. The molecule has 2 aromatic rings. The molecule has 0 aliphatic carbocycles. The van der Waals surface area contributed by atoms with Crippen LogP contribution in [0.5, 0.6) is 11.5 Å². The zero-order chi connectivity index (χ0) is 19.8. The maximum Gasteiger partial charge on any atom is 0.336 e. The fraction of sp³-hybridized carbons (Fsp3) is 0.211. The molecule has 0 aromatic heterocycles. The summed E-state index contributed by atoms with van der Waals surface area (Å²) in [6.07, 6.45) is 0. The van der Waals surface area contributed by atoms with Crippen molar-refractivity contribution in [3.05, 3.63) is 59.2 Å². The van der Waals surface area contributed by atoms with Crippen molar-refractivity contribution in [2.45, 2.75) is 0 Å². The number of rotatable bonds is 8. The lowest BCUT2D eigenvalue weighted by atomic mass is 10.1. The second kappa shape index (κ2) is 9.23. The van der Waals surface area contributed by atoms with Gasteiger partial charge in [-0.3, -0.25) is 9.59 Å². The third-order valence-corrected chi connectivity index (χ3v) is 3.71. The third kappa shape index (κ3) is 5.21. The Morgan fingerprint density at radius 1 is 0.852 bits per heavy atom. The smallest absolute Gasteiger partial charge is 0.336 e. The molecule has 0 saturated heterocycles. The zero-order valence-corrected chi connectivity index (χ0v) is 14.9. The zero-order valence-electron chi connectivity index (χ0n) is 14.9. The van der Waals surface area contributed by atoms with E-state index in [1.54, 1.807) is 30.3 Å². The lowest BCUT2D eigenvalue weighted by Gasteiger charge is -2.10. The number of carbonyl (C=O) groups excluding carboxylic acids is 2. The minimum Gasteiger partial charge on any atom is -0.497 e. The normalized spacial score (nSPS) is 10.0. The Labute approximate surface area is 156 Å². The van der Waals surface area contributed by atoms with E-state index in [1.165, 1.54) is 26.4 Å². The van der Waals surface area contributed by atoms with Crippen molar-refractivity contribution in [2.75, 3.05) is 27.3 Å². The van der Waals surface area contributed by atoms with E-state index in [9.17, 15) is 14.4 Å². The summed E-state index contributed by atoms with van der Waals surface area (Å²) in [5.41, 5.74) is 0.338. The second-order valence-electron chi connectivity index (χ2n) is 5.46. The summed E-state index contributed by atoms with van der Waals surface area (Å²) in [6, 6.07) is 10.7. The van der Waals surface area contributed by atoms with Crippen LogP contribution in [0, 0.1) is 0 Å². The Balaban J connectivity index is 1.91. The highest BCUT2D eigenvalue weighted by molar-refractivity contribution is 6.04. The van der Waals surface area contributed by atoms with Crippen LogP contribution in [0.25, 0.3) is 0 Å². The predicted octanol–water partition coefficient (Wildman–Crippen LogP) is 1.56. The van der Waals surface area contributed by atoms with Gasteiger partial charge < -0.3 is 25.2 Å². The Hall–Kier alpha value is -3.55. The van der Waals surface area contributed by atoms with Crippen LogP contribution < -0.4 is 20.1 Å². The highest BCUT2D eigenvalue weighted by atomic mass is 16.5. The first-order chi connectivity index (χ1) is 13.0. The first-order valence-corrected chi connectivity index (χ1v) is 8.08. The summed E-state index contributed by atoms with van der Waals surface area (Å²) >= 11 is 0. The summed E-state index contributed by atoms with van der Waals surface area (Å²) in [5.74, 6) is -1.09. The summed E-state index contributed by atoms with van der Waals surface area (Å²) in [7, 11) is 2.97. The fourth-order valence-corrected chi connectivity index (χ4v) is 2.36. The lowest BCUT2D eigenvalue weighted by molar-refractivity contribution is 0.0691. The highest BCUT2D eigenvalue weighted by Gasteiger charge is 2.15. The topological polar surface area (TPSA) is 114 Å². The first-order valence-electron chi connectivity index (χ1n) is 8.08. The first kappa shape index (κ1) is 19.8. The molecular formula is C19H20N2O6. The molecule has 0 atom stereocenters. The SMILES string of the molecule is COc1cc(OC)cc(C(=O)NCCNC(=O)c2ccccc2C(=O)O)c1. The van der Waals surface area contributed by atoms with Crippen molar-refractivity contribution in [1.82, 2.24) is 10.6 Å². The van der Waals surface area contributed by atoms with Gasteiger partial charge in [-0.15, -0.1) is 0 Å². The van der Waals surface area contributed by atoms with Crippen molar-refractivity contribution < 1.29 is 29.0 Å². The molecule has 27 heavy (non-hydrogen) atoms. The molecule has 0 radical (unpaired) electrons. The molecule has 0 unspecified atom stereocenters. The van der Waals surface area contributed by atoms with Crippen molar-refractivity contribution in [3.63, 3.8) is 0 Å². The van der Waals surface area contributed by atoms with Crippen molar-refractivity contribution in [3.8, 4) is 11.5 Å². The Morgan fingerprint density at radius 2 is 1.37 bits per heavy atom. The summed E-state index contributed by atoms with van der Waals surface area (Å²) in [5, 5.41) is 14.4. The molecule has 8 heteroatoms. The van der Waals surface area contributed by atoms with E-state index in [0.29, 0.717) is 17.1 Å². The maximum absolute atomic E-state index is 12.2. The van der Waals surface area contributed by atoms with Gasteiger partial charge in [0.2, 0.25) is 0 Å². The van der Waals surface area contributed by atoms with Gasteiger partial charge >= 0.3 is 5.97 Å². The van der Waals surface area contributed by atoms with Crippen LogP contribution in [0.3, 0.4) is 0 Å². The molecule has 0 bridgehead atoms. The predicted molar refractivity (Wildman–Crippen MR) is 97.6 cm³/mol. The molecule has 0 heterocycles. The van der Waals surface area contributed by atoms with Gasteiger partial charge in [0.25, 0.3) is 11.8 Å². The number of hydrogen-bond donors (Lipinski definition) is 3. The second-order valence-corrected chi connectivity index (χ2v) is 5.46. The quantitative estimate of drug-likeness (QED) is 0.606. The van der Waals surface area contributed by atoms with Gasteiger partial charge in [0.15, 0.2) is 0 Å². The Kier molecular flexibility index (Phi) is 6.76. The molecule has 2 rings (SSSR count). The van der Waals surface area contributed by atoms with Crippen LogP contribution in [0.2, 0.25) is 0 Å². The minimum atomic E-state index is -1.18. The van der Waals surface area contributed by atoms with Crippen LogP contribution in [-0.2, 0) is 0 Å². The van der Waals surface area contributed by atoms with Gasteiger partial charge in [-0.05, 0) is 24.3 Å². The fourth-order valence-electron chi connectivity index (χ4n) is 2.36. The highest BCUT2D eigenvalue weighted by Crippen LogP contribution is 2.22. The van der Waals surface area contributed by atoms with E-state index in [1.807, 2.05) is 0 Å². The molecule has 0 aliphatic rings. The van der Waals surface area contributed by atoms with Crippen LogP contribution in [0.4, 0.5) is 0 Å². The van der Waals surface area contributed by atoms with Crippen LogP contribution >= 0.6 is 0 Å². The van der Waals surface area contributed by atoms with Crippen LogP contribution in [0.1, 0.15) is 31.1 Å². The summed E-state index contributed by atoms with van der Waals surface area (Å²) in [6.45, 7) is 0.305. The van der Waals surface area contributed by atoms with E-state index in [0.717, 1.165) is 0 Å². The molecule has 0 fully saturated rings. The van der Waals surface area contributed by atoms with Gasteiger partial charge in [-0.1, -0.05) is 12.1 Å². The number of benzene rings is 2. The van der Waals surface area contributed by atoms with Crippen molar-refractivity contribution in [1.29, 1.82) is 0 Å². The van der Waals surface area contributed by atoms with E-state index < -0.39 is 11.9 Å². The average molecular weight is 372 g/mol. The third-order valence-electron chi connectivity index (χ3n) is 3.71. The van der Waals surface area contributed by atoms with Crippen LogP contribution in [0.15, 0.2) is 42.5 Å². The molecule has 0 spiro atoms. The molecule has 142 valence electrons. The minimum absolute atomic E-state index is 0.0638. The molecule has 8 nitrogen and oxygen atoms in total. The number of amides is 2. The van der Waals surface area contributed by atoms with Gasteiger partial charge in [-0.2, -0.15) is 0 Å². The van der Waals surface area contributed by atoms with E-state index >= 15 is 0 Å². The molecule has 0 saturated carbocycles. The molecule has 0 aliphatic heterocycles. The summed E-state index contributed by atoms with van der Waals surface area (Å²) < 4.78 is 10.2. The average Bonchev–Trinajstić information content (AvgIpc) is 2.70. The monoisotopic (exact) mass is 372 g/mol. The number of carboxylic acids is 1. The van der Waals surface area contributed by atoms with Gasteiger partial charge in [-0.25, -0.2) is 4.79 Å². The molecule has 2 amide bonds.